The minimum atomic E-state index is -3.38. The van der Waals surface area contributed by atoms with E-state index in [1.54, 1.807) is 10.4 Å². The monoisotopic (exact) mass is 287 g/mol. The second-order valence-electron chi connectivity index (χ2n) is 4.84. The van der Waals surface area contributed by atoms with E-state index in [0.29, 0.717) is 17.3 Å². The summed E-state index contributed by atoms with van der Waals surface area (Å²) in [6, 6.07) is 5.48. The molecule has 18 heavy (non-hydrogen) atoms. The summed E-state index contributed by atoms with van der Waals surface area (Å²) in [5.41, 5.74) is 1.62. The van der Waals surface area contributed by atoms with Crippen molar-refractivity contribution in [3.63, 3.8) is 0 Å². The molecule has 2 rings (SSSR count). The van der Waals surface area contributed by atoms with E-state index >= 15 is 0 Å². The zero-order valence-electron chi connectivity index (χ0n) is 10.7. The first kappa shape index (κ1) is 13.8. The fourth-order valence-corrected chi connectivity index (χ4v) is 4.54. The topological polar surface area (TPSA) is 37.4 Å². The van der Waals surface area contributed by atoms with Gasteiger partial charge in [0.25, 0.3) is 0 Å². The van der Waals surface area contributed by atoms with Crippen LogP contribution in [0, 0.1) is 6.92 Å². The molecule has 0 N–H and O–H groups in total. The Bertz CT molecular complexity index is 542. The van der Waals surface area contributed by atoms with E-state index < -0.39 is 10.0 Å². The van der Waals surface area contributed by atoms with Crippen molar-refractivity contribution in [3.05, 3.63) is 29.3 Å². The highest BCUT2D eigenvalue weighted by atomic mass is 35.5. The molecule has 3 nitrogen and oxygen atoms in total. The van der Waals surface area contributed by atoms with Crippen LogP contribution < -0.4 is 0 Å². The summed E-state index contributed by atoms with van der Waals surface area (Å²) in [6.45, 7) is 4.41. The Hall–Kier alpha value is -0.580. The first-order valence-corrected chi connectivity index (χ1v) is 8.11. The van der Waals surface area contributed by atoms with E-state index in [0.717, 1.165) is 24.0 Å². The highest BCUT2D eigenvalue weighted by Crippen LogP contribution is 2.28. The molecule has 1 atom stereocenters. The molecule has 1 fully saturated rings. The van der Waals surface area contributed by atoms with E-state index in [1.165, 1.54) is 0 Å². The Morgan fingerprint density at radius 3 is 2.72 bits per heavy atom. The van der Waals surface area contributed by atoms with Crippen molar-refractivity contribution in [2.75, 3.05) is 6.54 Å². The lowest BCUT2D eigenvalue weighted by atomic mass is 10.2. The molecule has 5 heteroatoms. The lowest BCUT2D eigenvalue weighted by molar-refractivity contribution is 0.408. The van der Waals surface area contributed by atoms with Gasteiger partial charge in [-0.05, 0) is 43.9 Å². The first-order chi connectivity index (χ1) is 8.46. The zero-order valence-corrected chi connectivity index (χ0v) is 12.3. The number of aryl methyl sites for hydroxylation is 1. The van der Waals surface area contributed by atoms with Gasteiger partial charge < -0.3 is 0 Å². The number of sulfonamides is 1. The average Bonchev–Trinajstić information content (AvgIpc) is 2.76. The third-order valence-electron chi connectivity index (χ3n) is 3.49. The van der Waals surface area contributed by atoms with Gasteiger partial charge in [-0.15, -0.1) is 11.6 Å². The molecule has 0 bridgehead atoms. The van der Waals surface area contributed by atoms with Gasteiger partial charge in [-0.1, -0.05) is 12.1 Å². The number of rotatable bonds is 3. The molecule has 1 heterocycles. The van der Waals surface area contributed by atoms with Crippen LogP contribution in [-0.4, -0.2) is 25.3 Å². The van der Waals surface area contributed by atoms with Crippen LogP contribution >= 0.6 is 11.6 Å². The van der Waals surface area contributed by atoms with Crippen LogP contribution in [0.2, 0.25) is 0 Å². The summed E-state index contributed by atoms with van der Waals surface area (Å²) < 4.78 is 26.8. The molecule has 1 unspecified atom stereocenters. The van der Waals surface area contributed by atoms with Gasteiger partial charge in [0.05, 0.1) is 4.90 Å². The smallest absolute Gasteiger partial charge is 0.207 e. The summed E-state index contributed by atoms with van der Waals surface area (Å²) in [7, 11) is -3.38. The van der Waals surface area contributed by atoms with Crippen LogP contribution in [0.3, 0.4) is 0 Å². The van der Waals surface area contributed by atoms with Gasteiger partial charge in [-0.2, -0.15) is 4.31 Å². The van der Waals surface area contributed by atoms with Crippen molar-refractivity contribution < 1.29 is 8.42 Å². The summed E-state index contributed by atoms with van der Waals surface area (Å²) >= 11 is 5.78. The first-order valence-electron chi connectivity index (χ1n) is 6.14. The predicted octanol–water partition coefficient (Wildman–Crippen LogP) is 2.91. The summed E-state index contributed by atoms with van der Waals surface area (Å²) in [5.74, 6) is 0.332. The van der Waals surface area contributed by atoms with Crippen molar-refractivity contribution in [2.45, 2.75) is 43.5 Å². The molecule has 0 aromatic heterocycles. The third kappa shape index (κ3) is 2.42. The predicted molar refractivity (Wildman–Crippen MR) is 73.3 cm³/mol. The van der Waals surface area contributed by atoms with E-state index in [9.17, 15) is 8.42 Å². The maximum atomic E-state index is 12.6. The Balaban J connectivity index is 2.46. The lowest BCUT2D eigenvalue weighted by Crippen LogP contribution is -2.34. The van der Waals surface area contributed by atoms with E-state index in [-0.39, 0.29) is 6.04 Å². The van der Waals surface area contributed by atoms with Crippen molar-refractivity contribution in [3.8, 4) is 0 Å². The second kappa shape index (κ2) is 5.19. The van der Waals surface area contributed by atoms with Crippen molar-refractivity contribution in [1.82, 2.24) is 4.31 Å². The largest absolute Gasteiger partial charge is 0.243 e. The van der Waals surface area contributed by atoms with Gasteiger partial charge in [0.1, 0.15) is 0 Å². The molecule has 0 saturated carbocycles. The Morgan fingerprint density at radius 2 is 2.17 bits per heavy atom. The lowest BCUT2D eigenvalue weighted by Gasteiger charge is -2.22. The molecular formula is C13H18ClNO2S. The molecule has 0 amide bonds. The molecule has 0 aliphatic carbocycles. The van der Waals surface area contributed by atoms with Crippen LogP contribution in [0.25, 0.3) is 0 Å². The molecule has 1 saturated heterocycles. The van der Waals surface area contributed by atoms with Gasteiger partial charge in [0, 0.05) is 18.5 Å². The number of hydrogen-bond acceptors (Lipinski definition) is 2. The third-order valence-corrected chi connectivity index (χ3v) is 5.95. The number of benzene rings is 1. The summed E-state index contributed by atoms with van der Waals surface area (Å²) in [5, 5.41) is 0. The zero-order chi connectivity index (χ0) is 13.3. The second-order valence-corrected chi connectivity index (χ2v) is 6.97. The standard InChI is InChI=1S/C13H18ClNO2S/c1-10-5-6-12(9-14)8-13(10)18(16,17)15-7-3-4-11(15)2/h5-6,8,11H,3-4,7,9H2,1-2H3. The molecule has 1 aliphatic rings. The fourth-order valence-electron chi connectivity index (χ4n) is 2.40. The van der Waals surface area contributed by atoms with Crippen LogP contribution in [0.4, 0.5) is 0 Å². The number of hydrogen-bond donors (Lipinski definition) is 0. The Labute approximate surface area is 114 Å². The average molecular weight is 288 g/mol. The number of nitrogens with zero attached hydrogens (tertiary/aromatic N) is 1. The normalized spacial score (nSPS) is 21.4. The molecular weight excluding hydrogens is 270 g/mol. The van der Waals surface area contributed by atoms with E-state index in [4.69, 9.17) is 11.6 Å². The number of alkyl halides is 1. The van der Waals surface area contributed by atoms with Gasteiger partial charge in [0.15, 0.2) is 0 Å². The minimum absolute atomic E-state index is 0.0917. The quantitative estimate of drug-likeness (QED) is 0.802. The van der Waals surface area contributed by atoms with Crippen LogP contribution in [0.5, 0.6) is 0 Å². The fraction of sp³-hybridized carbons (Fsp3) is 0.538. The van der Waals surface area contributed by atoms with Crippen molar-refractivity contribution >= 4 is 21.6 Å². The van der Waals surface area contributed by atoms with Crippen LogP contribution in [0.1, 0.15) is 30.9 Å². The number of halogens is 1. The maximum Gasteiger partial charge on any atom is 0.243 e. The highest BCUT2D eigenvalue weighted by Gasteiger charge is 2.33. The maximum absolute atomic E-state index is 12.6. The highest BCUT2D eigenvalue weighted by molar-refractivity contribution is 7.89. The SMILES string of the molecule is Cc1ccc(CCl)cc1S(=O)(=O)N1CCCC1C. The molecule has 100 valence electrons. The molecule has 0 spiro atoms. The Morgan fingerprint density at radius 1 is 1.44 bits per heavy atom. The van der Waals surface area contributed by atoms with Gasteiger partial charge in [-0.25, -0.2) is 8.42 Å². The van der Waals surface area contributed by atoms with E-state index in [2.05, 4.69) is 0 Å². The van der Waals surface area contributed by atoms with Crippen molar-refractivity contribution in [2.24, 2.45) is 0 Å². The van der Waals surface area contributed by atoms with Gasteiger partial charge in [0.2, 0.25) is 10.0 Å². The molecule has 1 aromatic carbocycles. The Kier molecular flexibility index (Phi) is 3.99. The van der Waals surface area contributed by atoms with Crippen molar-refractivity contribution in [1.29, 1.82) is 0 Å². The molecule has 1 aliphatic heterocycles. The van der Waals surface area contributed by atoms with Crippen LogP contribution in [-0.2, 0) is 15.9 Å². The molecule has 1 aromatic rings. The summed E-state index contributed by atoms with van der Waals surface area (Å²) in [6.07, 6.45) is 1.88. The van der Waals surface area contributed by atoms with Gasteiger partial charge >= 0.3 is 0 Å². The van der Waals surface area contributed by atoms with Crippen LogP contribution in [0.15, 0.2) is 23.1 Å². The minimum Gasteiger partial charge on any atom is -0.207 e. The van der Waals surface area contributed by atoms with E-state index in [1.807, 2.05) is 26.0 Å². The molecule has 0 radical (unpaired) electrons. The van der Waals surface area contributed by atoms with Gasteiger partial charge in [-0.3, -0.25) is 0 Å². The summed E-state index contributed by atoms with van der Waals surface area (Å²) in [4.78, 5) is 0.398.